The molecule has 1 fully saturated rings. The third-order valence-corrected chi connectivity index (χ3v) is 5.15. The van der Waals surface area contributed by atoms with Crippen LogP contribution in [-0.2, 0) is 6.54 Å². The summed E-state index contributed by atoms with van der Waals surface area (Å²) in [6.07, 6.45) is 2.28. The molecule has 22 heavy (non-hydrogen) atoms. The van der Waals surface area contributed by atoms with Crippen molar-refractivity contribution < 1.29 is 5.11 Å². The summed E-state index contributed by atoms with van der Waals surface area (Å²) in [6.45, 7) is 9.92. The maximum Gasteiger partial charge on any atom is 0.0766 e. The minimum Gasteiger partial charge on any atom is -0.389 e. The first kappa shape index (κ1) is 17.7. The van der Waals surface area contributed by atoms with Gasteiger partial charge >= 0.3 is 0 Å². The van der Waals surface area contributed by atoms with Crippen LogP contribution in [-0.4, -0.2) is 41.3 Å². The van der Waals surface area contributed by atoms with E-state index < -0.39 is 5.60 Å². The molecule has 1 heterocycles. The Labute approximate surface area is 139 Å². The van der Waals surface area contributed by atoms with E-state index in [1.807, 2.05) is 19.1 Å². The highest BCUT2D eigenvalue weighted by Gasteiger charge is 2.27. The van der Waals surface area contributed by atoms with Gasteiger partial charge in [-0.1, -0.05) is 37.6 Å². The van der Waals surface area contributed by atoms with Gasteiger partial charge < -0.3 is 10.4 Å². The van der Waals surface area contributed by atoms with Gasteiger partial charge in [-0.15, -0.1) is 0 Å². The third-order valence-electron chi connectivity index (χ3n) is 4.90. The highest BCUT2D eigenvalue weighted by Crippen LogP contribution is 2.18. The standard InChI is InChI=1S/C18H29ClN2O/c1-14(2)18(3,22)13-20-17-8-10-21(11-9-17)12-15-4-6-16(19)7-5-15/h4-7,14,17,20,22H,8-13H2,1-3H3. The molecule has 2 rings (SSSR count). The number of hydrogen-bond acceptors (Lipinski definition) is 3. The van der Waals surface area contributed by atoms with Gasteiger partial charge in [-0.05, 0) is 56.5 Å². The van der Waals surface area contributed by atoms with Crippen molar-refractivity contribution in [3.05, 3.63) is 34.9 Å². The van der Waals surface area contributed by atoms with E-state index in [9.17, 15) is 5.11 Å². The van der Waals surface area contributed by atoms with Gasteiger partial charge in [-0.2, -0.15) is 0 Å². The van der Waals surface area contributed by atoms with Gasteiger partial charge in [0.1, 0.15) is 0 Å². The summed E-state index contributed by atoms with van der Waals surface area (Å²) in [4.78, 5) is 2.49. The number of benzene rings is 1. The SMILES string of the molecule is CC(C)C(C)(O)CNC1CCN(Cc2ccc(Cl)cc2)CC1. The lowest BCUT2D eigenvalue weighted by molar-refractivity contribution is 0.00955. The number of aliphatic hydroxyl groups is 1. The van der Waals surface area contributed by atoms with E-state index in [2.05, 4.69) is 36.2 Å². The molecule has 1 atom stereocenters. The van der Waals surface area contributed by atoms with Crippen molar-refractivity contribution in [3.63, 3.8) is 0 Å². The maximum atomic E-state index is 10.3. The minimum absolute atomic E-state index is 0.269. The Morgan fingerprint density at radius 3 is 2.41 bits per heavy atom. The Morgan fingerprint density at radius 2 is 1.86 bits per heavy atom. The zero-order valence-corrected chi connectivity index (χ0v) is 14.7. The Bertz CT molecular complexity index is 451. The highest BCUT2D eigenvalue weighted by molar-refractivity contribution is 6.30. The fourth-order valence-electron chi connectivity index (χ4n) is 2.70. The van der Waals surface area contributed by atoms with Crippen molar-refractivity contribution in [2.45, 2.75) is 51.8 Å². The van der Waals surface area contributed by atoms with Crippen LogP contribution in [0.5, 0.6) is 0 Å². The summed E-state index contributed by atoms with van der Waals surface area (Å²) in [5, 5.41) is 14.6. The van der Waals surface area contributed by atoms with Crippen molar-refractivity contribution in [2.24, 2.45) is 5.92 Å². The second-order valence-electron chi connectivity index (χ2n) is 7.07. The number of hydrogen-bond donors (Lipinski definition) is 2. The van der Waals surface area contributed by atoms with E-state index >= 15 is 0 Å². The second-order valence-corrected chi connectivity index (χ2v) is 7.51. The first-order chi connectivity index (χ1) is 10.4. The molecule has 4 heteroatoms. The summed E-state index contributed by atoms with van der Waals surface area (Å²) in [6, 6.07) is 8.64. The van der Waals surface area contributed by atoms with Crippen LogP contribution < -0.4 is 5.32 Å². The van der Waals surface area contributed by atoms with Crippen LogP contribution in [0.4, 0.5) is 0 Å². The van der Waals surface area contributed by atoms with E-state index in [0.29, 0.717) is 12.6 Å². The lowest BCUT2D eigenvalue weighted by Crippen LogP contribution is -2.49. The van der Waals surface area contributed by atoms with Crippen LogP contribution in [0.1, 0.15) is 39.2 Å². The van der Waals surface area contributed by atoms with E-state index in [0.717, 1.165) is 37.5 Å². The fourth-order valence-corrected chi connectivity index (χ4v) is 2.82. The van der Waals surface area contributed by atoms with E-state index in [-0.39, 0.29) is 5.92 Å². The second kappa shape index (κ2) is 7.78. The molecule has 0 radical (unpaired) electrons. The molecule has 0 saturated carbocycles. The molecule has 1 saturated heterocycles. The van der Waals surface area contributed by atoms with E-state index in [1.165, 1.54) is 5.56 Å². The molecule has 1 aliphatic heterocycles. The predicted octanol–water partition coefficient (Wildman–Crippen LogP) is 3.30. The smallest absolute Gasteiger partial charge is 0.0766 e. The normalized spacial score (nSPS) is 20.3. The van der Waals surface area contributed by atoms with Gasteiger partial charge in [0.2, 0.25) is 0 Å². The van der Waals surface area contributed by atoms with Gasteiger partial charge in [0, 0.05) is 24.2 Å². The van der Waals surface area contributed by atoms with E-state index in [4.69, 9.17) is 11.6 Å². The van der Waals surface area contributed by atoms with Crippen LogP contribution in [0, 0.1) is 5.92 Å². The molecule has 1 aromatic rings. The van der Waals surface area contributed by atoms with Crippen LogP contribution >= 0.6 is 11.6 Å². The number of rotatable bonds is 6. The molecule has 3 nitrogen and oxygen atoms in total. The predicted molar refractivity (Wildman–Crippen MR) is 93.2 cm³/mol. The van der Waals surface area contributed by atoms with Gasteiger partial charge in [0.25, 0.3) is 0 Å². The Kier molecular flexibility index (Phi) is 6.27. The van der Waals surface area contributed by atoms with Gasteiger partial charge in [0.05, 0.1) is 5.60 Å². The fraction of sp³-hybridized carbons (Fsp3) is 0.667. The monoisotopic (exact) mass is 324 g/mol. The lowest BCUT2D eigenvalue weighted by Gasteiger charge is -2.35. The summed E-state index contributed by atoms with van der Waals surface area (Å²) >= 11 is 5.92. The number of nitrogens with zero attached hydrogens (tertiary/aromatic N) is 1. The molecular formula is C18H29ClN2O. The average molecular weight is 325 g/mol. The molecule has 1 unspecified atom stereocenters. The lowest BCUT2D eigenvalue weighted by atomic mass is 9.92. The zero-order chi connectivity index (χ0) is 16.2. The Hall–Kier alpha value is -0.610. The largest absolute Gasteiger partial charge is 0.389 e. The average Bonchev–Trinajstić information content (AvgIpc) is 2.49. The molecule has 0 spiro atoms. The van der Waals surface area contributed by atoms with Gasteiger partial charge in [0.15, 0.2) is 0 Å². The molecule has 0 aliphatic carbocycles. The number of likely N-dealkylation sites (tertiary alicyclic amines) is 1. The van der Waals surface area contributed by atoms with Crippen LogP contribution in [0.25, 0.3) is 0 Å². The maximum absolute atomic E-state index is 10.3. The third kappa shape index (κ3) is 5.24. The first-order valence-corrected chi connectivity index (χ1v) is 8.67. The Morgan fingerprint density at radius 1 is 1.27 bits per heavy atom. The number of piperidine rings is 1. The van der Waals surface area contributed by atoms with Crippen molar-refractivity contribution in [3.8, 4) is 0 Å². The summed E-state index contributed by atoms with van der Waals surface area (Å²) in [5.74, 6) is 0.269. The first-order valence-electron chi connectivity index (χ1n) is 8.29. The quantitative estimate of drug-likeness (QED) is 0.842. The highest BCUT2D eigenvalue weighted by atomic mass is 35.5. The van der Waals surface area contributed by atoms with Crippen molar-refractivity contribution in [2.75, 3.05) is 19.6 Å². The molecule has 124 valence electrons. The molecule has 0 aromatic heterocycles. The van der Waals surface area contributed by atoms with Crippen molar-refractivity contribution >= 4 is 11.6 Å². The summed E-state index contributed by atoms with van der Waals surface area (Å²) in [7, 11) is 0. The molecule has 2 N–H and O–H groups in total. The van der Waals surface area contributed by atoms with Crippen molar-refractivity contribution in [1.82, 2.24) is 10.2 Å². The number of nitrogens with one attached hydrogen (secondary N) is 1. The van der Waals surface area contributed by atoms with Gasteiger partial charge in [-0.25, -0.2) is 0 Å². The molecule has 1 aliphatic rings. The molecule has 0 bridgehead atoms. The number of halogens is 1. The minimum atomic E-state index is -0.625. The molecule has 1 aromatic carbocycles. The van der Waals surface area contributed by atoms with Crippen LogP contribution in [0.15, 0.2) is 24.3 Å². The van der Waals surface area contributed by atoms with Crippen molar-refractivity contribution in [1.29, 1.82) is 0 Å². The van der Waals surface area contributed by atoms with E-state index in [1.54, 1.807) is 0 Å². The summed E-state index contributed by atoms with van der Waals surface area (Å²) in [5.41, 5.74) is 0.694. The molecular weight excluding hydrogens is 296 g/mol. The summed E-state index contributed by atoms with van der Waals surface area (Å²) < 4.78 is 0. The van der Waals surface area contributed by atoms with Crippen LogP contribution in [0.2, 0.25) is 5.02 Å². The topological polar surface area (TPSA) is 35.5 Å². The zero-order valence-electron chi connectivity index (χ0n) is 14.0. The van der Waals surface area contributed by atoms with Gasteiger partial charge in [-0.3, -0.25) is 4.90 Å². The van der Waals surface area contributed by atoms with Crippen LogP contribution in [0.3, 0.4) is 0 Å². The Balaban J connectivity index is 1.73. The molecule has 0 amide bonds.